The maximum atomic E-state index is 5.54. The highest BCUT2D eigenvalue weighted by Gasteiger charge is 2.20. The van der Waals surface area contributed by atoms with Crippen LogP contribution in [0.5, 0.6) is 5.75 Å². The molecule has 0 aliphatic carbocycles. The van der Waals surface area contributed by atoms with Crippen molar-refractivity contribution in [2.75, 3.05) is 7.11 Å². The van der Waals surface area contributed by atoms with Crippen molar-refractivity contribution in [3.05, 3.63) is 83.3 Å². The fourth-order valence-electron chi connectivity index (χ4n) is 2.92. The molecule has 0 bridgehead atoms. The number of benzene rings is 3. The van der Waals surface area contributed by atoms with Crippen LogP contribution in [0, 0.1) is 0 Å². The number of hydrogen-bond acceptors (Lipinski definition) is 3. The van der Waals surface area contributed by atoms with Gasteiger partial charge in [-0.25, -0.2) is 0 Å². The summed E-state index contributed by atoms with van der Waals surface area (Å²) < 4.78 is 8.56. The minimum atomic E-state index is 0.730. The van der Waals surface area contributed by atoms with Gasteiger partial charge in [-0.15, -0.1) is 10.2 Å². The Morgan fingerprint density at radius 3 is 2.19 bits per heavy atom. The van der Waals surface area contributed by atoms with E-state index in [1.165, 1.54) is 0 Å². The van der Waals surface area contributed by atoms with Gasteiger partial charge in [0, 0.05) is 10.0 Å². The van der Waals surface area contributed by atoms with E-state index in [0.717, 1.165) is 38.7 Å². The summed E-state index contributed by atoms with van der Waals surface area (Å²) in [6.45, 7) is 0. The summed E-state index contributed by atoms with van der Waals surface area (Å²) in [4.78, 5) is 0. The summed E-state index contributed by atoms with van der Waals surface area (Å²) in [7, 11) is 1.66. The minimum absolute atomic E-state index is 0.730. The first-order valence-electron chi connectivity index (χ1n) is 8.18. The highest BCUT2D eigenvalue weighted by molar-refractivity contribution is 9.10. The third-order valence-electron chi connectivity index (χ3n) is 4.14. The maximum absolute atomic E-state index is 5.54. The van der Waals surface area contributed by atoms with Gasteiger partial charge in [0.15, 0.2) is 11.6 Å². The first kappa shape index (κ1) is 16.5. The zero-order chi connectivity index (χ0) is 17.9. The van der Waals surface area contributed by atoms with Crippen LogP contribution in [0.1, 0.15) is 0 Å². The molecule has 0 spiro atoms. The SMILES string of the molecule is COc1ccccc1-c1nnc(-c2ccccc2)n1-c1ccccc1Br. The Balaban J connectivity index is 2.02. The highest BCUT2D eigenvalue weighted by Crippen LogP contribution is 2.35. The zero-order valence-electron chi connectivity index (χ0n) is 14.1. The molecular weight excluding hydrogens is 390 g/mol. The smallest absolute Gasteiger partial charge is 0.172 e. The van der Waals surface area contributed by atoms with Crippen molar-refractivity contribution < 1.29 is 4.74 Å². The molecule has 0 amide bonds. The molecule has 0 saturated carbocycles. The number of ether oxygens (including phenoxy) is 1. The van der Waals surface area contributed by atoms with E-state index in [-0.39, 0.29) is 0 Å². The topological polar surface area (TPSA) is 39.9 Å². The summed E-state index contributed by atoms with van der Waals surface area (Å²) >= 11 is 3.66. The Morgan fingerprint density at radius 2 is 1.42 bits per heavy atom. The van der Waals surface area contributed by atoms with Crippen LogP contribution in [0.25, 0.3) is 28.5 Å². The molecule has 5 heteroatoms. The van der Waals surface area contributed by atoms with E-state index in [1.54, 1.807) is 7.11 Å². The van der Waals surface area contributed by atoms with E-state index in [1.807, 2.05) is 78.9 Å². The molecule has 0 aliphatic rings. The van der Waals surface area contributed by atoms with Gasteiger partial charge in [0.1, 0.15) is 5.75 Å². The van der Waals surface area contributed by atoms with Crippen LogP contribution >= 0.6 is 15.9 Å². The van der Waals surface area contributed by atoms with Crippen molar-refractivity contribution in [2.45, 2.75) is 0 Å². The molecule has 128 valence electrons. The molecular formula is C21H16BrN3O. The number of rotatable bonds is 4. The van der Waals surface area contributed by atoms with Gasteiger partial charge < -0.3 is 4.74 Å². The second kappa shape index (κ2) is 7.14. The number of para-hydroxylation sites is 2. The third-order valence-corrected chi connectivity index (χ3v) is 4.81. The number of methoxy groups -OCH3 is 1. The third kappa shape index (κ3) is 2.91. The van der Waals surface area contributed by atoms with E-state index in [2.05, 4.69) is 30.7 Å². The number of halogens is 1. The van der Waals surface area contributed by atoms with Gasteiger partial charge in [-0.05, 0) is 40.2 Å². The van der Waals surface area contributed by atoms with Gasteiger partial charge in [0.2, 0.25) is 0 Å². The standard InChI is InChI=1S/C21H16BrN3O/c1-26-19-14-8-5-11-16(19)21-24-23-20(15-9-3-2-4-10-15)25(21)18-13-7-6-12-17(18)22/h2-14H,1H3. The van der Waals surface area contributed by atoms with E-state index < -0.39 is 0 Å². The molecule has 4 aromatic rings. The van der Waals surface area contributed by atoms with Gasteiger partial charge in [-0.1, -0.05) is 54.6 Å². The Morgan fingerprint density at radius 1 is 0.769 bits per heavy atom. The molecule has 4 nitrogen and oxygen atoms in total. The van der Waals surface area contributed by atoms with E-state index in [9.17, 15) is 0 Å². The molecule has 0 aliphatic heterocycles. The lowest BCUT2D eigenvalue weighted by Crippen LogP contribution is -2.02. The van der Waals surface area contributed by atoms with Gasteiger partial charge in [-0.2, -0.15) is 0 Å². The van der Waals surface area contributed by atoms with E-state index in [4.69, 9.17) is 4.74 Å². The molecule has 0 atom stereocenters. The Kier molecular flexibility index (Phi) is 4.54. The molecule has 0 radical (unpaired) electrons. The van der Waals surface area contributed by atoms with E-state index in [0.29, 0.717) is 0 Å². The molecule has 0 saturated heterocycles. The highest BCUT2D eigenvalue weighted by atomic mass is 79.9. The average molecular weight is 406 g/mol. The number of nitrogens with zero attached hydrogens (tertiary/aromatic N) is 3. The average Bonchev–Trinajstić information content (AvgIpc) is 3.13. The molecule has 1 aromatic heterocycles. The zero-order valence-corrected chi connectivity index (χ0v) is 15.7. The van der Waals surface area contributed by atoms with Crippen molar-refractivity contribution in [3.8, 4) is 34.2 Å². The van der Waals surface area contributed by atoms with Gasteiger partial charge >= 0.3 is 0 Å². The Bertz CT molecular complexity index is 1040. The summed E-state index contributed by atoms with van der Waals surface area (Å²) in [6, 6.07) is 25.9. The van der Waals surface area contributed by atoms with Crippen molar-refractivity contribution in [3.63, 3.8) is 0 Å². The van der Waals surface area contributed by atoms with Gasteiger partial charge in [0.25, 0.3) is 0 Å². The van der Waals surface area contributed by atoms with Crippen LogP contribution in [0.4, 0.5) is 0 Å². The van der Waals surface area contributed by atoms with Crippen molar-refractivity contribution in [1.82, 2.24) is 14.8 Å². The molecule has 0 unspecified atom stereocenters. The van der Waals surface area contributed by atoms with Gasteiger partial charge in [0.05, 0.1) is 18.4 Å². The first-order valence-corrected chi connectivity index (χ1v) is 8.98. The maximum Gasteiger partial charge on any atom is 0.172 e. The fourth-order valence-corrected chi connectivity index (χ4v) is 3.39. The van der Waals surface area contributed by atoms with Crippen LogP contribution < -0.4 is 4.74 Å². The van der Waals surface area contributed by atoms with E-state index >= 15 is 0 Å². The molecule has 3 aromatic carbocycles. The van der Waals surface area contributed by atoms with Crippen LogP contribution in [-0.2, 0) is 0 Å². The second-order valence-electron chi connectivity index (χ2n) is 5.70. The number of aromatic nitrogens is 3. The fraction of sp³-hybridized carbons (Fsp3) is 0.0476. The molecule has 1 heterocycles. The summed E-state index contributed by atoms with van der Waals surface area (Å²) in [6.07, 6.45) is 0. The molecule has 0 N–H and O–H groups in total. The van der Waals surface area contributed by atoms with Crippen LogP contribution in [-0.4, -0.2) is 21.9 Å². The predicted molar refractivity (Wildman–Crippen MR) is 106 cm³/mol. The monoisotopic (exact) mass is 405 g/mol. The quantitative estimate of drug-likeness (QED) is 0.457. The lowest BCUT2D eigenvalue weighted by atomic mass is 10.1. The molecule has 4 rings (SSSR count). The normalized spacial score (nSPS) is 10.7. The van der Waals surface area contributed by atoms with Crippen molar-refractivity contribution in [2.24, 2.45) is 0 Å². The molecule has 0 fully saturated rings. The predicted octanol–water partition coefficient (Wildman–Crippen LogP) is 5.37. The summed E-state index contributed by atoms with van der Waals surface area (Å²) in [5.74, 6) is 2.26. The van der Waals surface area contributed by atoms with Crippen LogP contribution in [0.2, 0.25) is 0 Å². The Labute approximate surface area is 160 Å². The van der Waals surface area contributed by atoms with Crippen LogP contribution in [0.15, 0.2) is 83.3 Å². The first-order chi connectivity index (χ1) is 12.8. The lowest BCUT2D eigenvalue weighted by molar-refractivity contribution is 0.416. The number of hydrogen-bond donors (Lipinski definition) is 0. The molecule has 26 heavy (non-hydrogen) atoms. The lowest BCUT2D eigenvalue weighted by Gasteiger charge is -2.14. The van der Waals surface area contributed by atoms with Gasteiger partial charge in [-0.3, -0.25) is 4.57 Å². The van der Waals surface area contributed by atoms with Crippen molar-refractivity contribution in [1.29, 1.82) is 0 Å². The Hall–Kier alpha value is -2.92. The summed E-state index contributed by atoms with van der Waals surface area (Å²) in [5.41, 5.74) is 2.86. The van der Waals surface area contributed by atoms with Crippen molar-refractivity contribution >= 4 is 15.9 Å². The van der Waals surface area contributed by atoms with Crippen LogP contribution in [0.3, 0.4) is 0 Å². The second-order valence-corrected chi connectivity index (χ2v) is 6.55. The minimum Gasteiger partial charge on any atom is -0.496 e. The largest absolute Gasteiger partial charge is 0.496 e. The summed E-state index contributed by atoms with van der Waals surface area (Å²) in [5, 5.41) is 8.99.